The minimum absolute atomic E-state index is 0.215. The molecule has 2 aliphatic heterocycles. The molecule has 0 spiro atoms. The van der Waals surface area contributed by atoms with E-state index in [9.17, 15) is 9.59 Å². The summed E-state index contributed by atoms with van der Waals surface area (Å²) in [5.41, 5.74) is 2.43. The zero-order valence-electron chi connectivity index (χ0n) is 15.4. The van der Waals surface area contributed by atoms with Crippen molar-refractivity contribution in [3.63, 3.8) is 0 Å². The second kappa shape index (κ2) is 8.50. The SMILES string of the molecule is CCCc1ccc(CC(=O)N2CCC(N3CCCCC3=O)CC2)cc1. The maximum Gasteiger partial charge on any atom is 0.226 e. The number of hydrogen-bond donors (Lipinski definition) is 0. The molecule has 1 aromatic carbocycles. The number of amides is 2. The second-order valence-corrected chi connectivity index (χ2v) is 7.40. The molecule has 0 bridgehead atoms. The number of carbonyl (C=O) groups is 2. The number of rotatable bonds is 5. The third-order valence-corrected chi connectivity index (χ3v) is 5.53. The monoisotopic (exact) mass is 342 g/mol. The number of hydrogen-bond acceptors (Lipinski definition) is 2. The van der Waals surface area contributed by atoms with E-state index in [-0.39, 0.29) is 5.91 Å². The molecule has 1 aromatic rings. The summed E-state index contributed by atoms with van der Waals surface area (Å²) in [7, 11) is 0. The van der Waals surface area contributed by atoms with E-state index in [0.717, 1.165) is 63.7 Å². The van der Waals surface area contributed by atoms with Crippen LogP contribution >= 0.6 is 0 Å². The van der Waals surface area contributed by atoms with Gasteiger partial charge in [-0.1, -0.05) is 37.6 Å². The highest BCUT2D eigenvalue weighted by atomic mass is 16.2. The van der Waals surface area contributed by atoms with Gasteiger partial charge in [-0.3, -0.25) is 9.59 Å². The van der Waals surface area contributed by atoms with Crippen LogP contribution in [0.1, 0.15) is 56.6 Å². The molecule has 25 heavy (non-hydrogen) atoms. The van der Waals surface area contributed by atoms with Gasteiger partial charge in [-0.05, 0) is 43.2 Å². The number of nitrogens with zero attached hydrogens (tertiary/aromatic N) is 2. The molecule has 0 radical (unpaired) electrons. The fraction of sp³-hybridized carbons (Fsp3) is 0.619. The molecule has 4 heteroatoms. The highest BCUT2D eigenvalue weighted by molar-refractivity contribution is 5.79. The normalized spacial score (nSPS) is 19.3. The van der Waals surface area contributed by atoms with Crippen LogP contribution in [0, 0.1) is 0 Å². The molecular weight excluding hydrogens is 312 g/mol. The first-order valence-corrected chi connectivity index (χ1v) is 9.82. The van der Waals surface area contributed by atoms with Gasteiger partial charge in [-0.25, -0.2) is 0 Å². The van der Waals surface area contributed by atoms with E-state index in [4.69, 9.17) is 0 Å². The minimum atomic E-state index is 0.215. The number of aryl methyl sites for hydroxylation is 1. The molecular formula is C21H30N2O2. The summed E-state index contributed by atoms with van der Waals surface area (Å²) in [5.74, 6) is 0.523. The lowest BCUT2D eigenvalue weighted by Gasteiger charge is -2.40. The molecule has 0 aliphatic carbocycles. The lowest BCUT2D eigenvalue weighted by molar-refractivity contribution is -0.138. The van der Waals surface area contributed by atoms with Crippen molar-refractivity contribution in [2.75, 3.05) is 19.6 Å². The van der Waals surface area contributed by atoms with Crippen LogP contribution in [-0.4, -0.2) is 47.3 Å². The number of carbonyl (C=O) groups excluding carboxylic acids is 2. The average molecular weight is 342 g/mol. The van der Waals surface area contributed by atoms with Crippen molar-refractivity contribution < 1.29 is 9.59 Å². The van der Waals surface area contributed by atoms with Crippen molar-refractivity contribution in [2.24, 2.45) is 0 Å². The van der Waals surface area contributed by atoms with Crippen molar-refractivity contribution in [3.8, 4) is 0 Å². The molecule has 0 N–H and O–H groups in total. The lowest BCUT2D eigenvalue weighted by Crippen LogP contribution is -2.50. The van der Waals surface area contributed by atoms with Crippen molar-refractivity contribution in [2.45, 2.75) is 64.3 Å². The third-order valence-electron chi connectivity index (χ3n) is 5.53. The summed E-state index contributed by atoms with van der Waals surface area (Å²) in [6, 6.07) is 8.79. The zero-order valence-corrected chi connectivity index (χ0v) is 15.4. The fourth-order valence-electron chi connectivity index (χ4n) is 4.04. The Morgan fingerprint density at radius 3 is 2.36 bits per heavy atom. The van der Waals surface area contributed by atoms with Gasteiger partial charge in [0.15, 0.2) is 0 Å². The van der Waals surface area contributed by atoms with Crippen LogP contribution in [0.5, 0.6) is 0 Å². The summed E-state index contributed by atoms with van der Waals surface area (Å²) in [5, 5.41) is 0. The number of piperidine rings is 2. The fourth-order valence-corrected chi connectivity index (χ4v) is 4.04. The summed E-state index contributed by atoms with van der Waals surface area (Å²) in [6.45, 7) is 4.64. The Kier molecular flexibility index (Phi) is 6.11. The molecule has 0 atom stereocenters. The first kappa shape index (κ1) is 18.0. The average Bonchev–Trinajstić information content (AvgIpc) is 2.64. The standard InChI is InChI=1S/C21H30N2O2/c1-2-5-17-7-9-18(10-8-17)16-21(25)22-14-11-19(12-15-22)23-13-4-3-6-20(23)24/h7-10,19H,2-6,11-16H2,1H3. The van der Waals surface area contributed by atoms with E-state index in [2.05, 4.69) is 36.1 Å². The Balaban J connectivity index is 1.48. The molecule has 0 aromatic heterocycles. The molecule has 4 nitrogen and oxygen atoms in total. The van der Waals surface area contributed by atoms with Crippen LogP contribution in [0.2, 0.25) is 0 Å². The Hall–Kier alpha value is -1.84. The third kappa shape index (κ3) is 4.62. The van der Waals surface area contributed by atoms with Crippen LogP contribution in [0.15, 0.2) is 24.3 Å². The molecule has 0 saturated carbocycles. The summed E-state index contributed by atoms with van der Waals surface area (Å²) in [4.78, 5) is 28.7. The van der Waals surface area contributed by atoms with Gasteiger partial charge in [0, 0.05) is 32.1 Å². The molecule has 2 heterocycles. The van der Waals surface area contributed by atoms with Crippen molar-refractivity contribution in [1.29, 1.82) is 0 Å². The van der Waals surface area contributed by atoms with Crippen LogP contribution < -0.4 is 0 Å². The highest BCUT2D eigenvalue weighted by Crippen LogP contribution is 2.22. The van der Waals surface area contributed by atoms with Crippen LogP contribution in [0.4, 0.5) is 0 Å². The smallest absolute Gasteiger partial charge is 0.226 e. The Morgan fingerprint density at radius 1 is 1.04 bits per heavy atom. The van der Waals surface area contributed by atoms with Crippen LogP contribution in [0.25, 0.3) is 0 Å². The molecule has 2 aliphatic rings. The van der Waals surface area contributed by atoms with E-state index < -0.39 is 0 Å². The van der Waals surface area contributed by atoms with Crippen molar-refractivity contribution in [1.82, 2.24) is 9.80 Å². The van der Waals surface area contributed by atoms with E-state index in [0.29, 0.717) is 24.8 Å². The first-order valence-electron chi connectivity index (χ1n) is 9.82. The summed E-state index contributed by atoms with van der Waals surface area (Å²) in [6.07, 6.45) is 7.43. The quantitative estimate of drug-likeness (QED) is 0.824. The van der Waals surface area contributed by atoms with E-state index in [1.807, 2.05) is 4.90 Å². The molecule has 136 valence electrons. The molecule has 2 saturated heterocycles. The predicted molar refractivity (Wildman–Crippen MR) is 99.3 cm³/mol. The maximum absolute atomic E-state index is 12.6. The minimum Gasteiger partial charge on any atom is -0.342 e. The van der Waals surface area contributed by atoms with E-state index in [1.54, 1.807) is 0 Å². The van der Waals surface area contributed by atoms with Gasteiger partial charge in [-0.15, -0.1) is 0 Å². The Bertz CT molecular complexity index is 588. The molecule has 2 amide bonds. The topological polar surface area (TPSA) is 40.6 Å². The Morgan fingerprint density at radius 2 is 1.72 bits per heavy atom. The van der Waals surface area contributed by atoms with Crippen LogP contribution in [0.3, 0.4) is 0 Å². The van der Waals surface area contributed by atoms with Gasteiger partial charge in [-0.2, -0.15) is 0 Å². The van der Waals surface area contributed by atoms with Crippen LogP contribution in [-0.2, 0) is 22.4 Å². The summed E-state index contributed by atoms with van der Waals surface area (Å²) >= 11 is 0. The van der Waals surface area contributed by atoms with E-state index >= 15 is 0 Å². The first-order chi connectivity index (χ1) is 12.2. The van der Waals surface area contributed by atoms with Gasteiger partial charge < -0.3 is 9.80 Å². The van der Waals surface area contributed by atoms with Gasteiger partial charge >= 0.3 is 0 Å². The second-order valence-electron chi connectivity index (χ2n) is 7.40. The summed E-state index contributed by atoms with van der Waals surface area (Å²) < 4.78 is 0. The van der Waals surface area contributed by atoms with Gasteiger partial charge in [0.25, 0.3) is 0 Å². The zero-order chi connectivity index (χ0) is 17.6. The van der Waals surface area contributed by atoms with Gasteiger partial charge in [0.1, 0.15) is 0 Å². The largest absolute Gasteiger partial charge is 0.342 e. The van der Waals surface area contributed by atoms with Gasteiger partial charge in [0.05, 0.1) is 6.42 Å². The van der Waals surface area contributed by atoms with Crippen molar-refractivity contribution in [3.05, 3.63) is 35.4 Å². The van der Waals surface area contributed by atoms with Gasteiger partial charge in [0.2, 0.25) is 11.8 Å². The Labute approximate surface area is 151 Å². The molecule has 3 rings (SSSR count). The van der Waals surface area contributed by atoms with E-state index in [1.165, 1.54) is 5.56 Å². The molecule has 2 fully saturated rings. The lowest BCUT2D eigenvalue weighted by atomic mass is 9.99. The number of benzene rings is 1. The molecule has 0 unspecified atom stereocenters. The highest BCUT2D eigenvalue weighted by Gasteiger charge is 2.30. The predicted octanol–water partition coefficient (Wildman–Crippen LogP) is 3.19. The van der Waals surface area contributed by atoms with Crippen molar-refractivity contribution >= 4 is 11.8 Å². The number of likely N-dealkylation sites (tertiary alicyclic amines) is 2. The maximum atomic E-state index is 12.6.